The first-order valence-corrected chi connectivity index (χ1v) is 12.2. The molecule has 0 aromatic heterocycles. The van der Waals surface area contributed by atoms with Crippen molar-refractivity contribution < 1.29 is 29.4 Å². The number of phenolic OH excluding ortho intramolecular Hbond substituents is 1. The van der Waals surface area contributed by atoms with E-state index in [0.717, 1.165) is 0 Å². The summed E-state index contributed by atoms with van der Waals surface area (Å²) in [6.45, 7) is 0.168. The van der Waals surface area contributed by atoms with E-state index in [1.54, 1.807) is 0 Å². The van der Waals surface area contributed by atoms with Gasteiger partial charge in [-0.25, -0.2) is 4.79 Å². The number of nitrogens with zero attached hydrogens (tertiary/aromatic N) is 1. The van der Waals surface area contributed by atoms with E-state index >= 15 is 0 Å². The number of nitrogens with two attached hydrogens (primary N) is 3. The molecule has 3 amide bonds. The van der Waals surface area contributed by atoms with Crippen molar-refractivity contribution >= 4 is 54.9 Å². The lowest BCUT2D eigenvalue weighted by molar-refractivity contribution is -0.142. The summed E-state index contributed by atoms with van der Waals surface area (Å²) in [5, 5.41) is 26.4. The van der Waals surface area contributed by atoms with Gasteiger partial charge in [-0.15, -0.1) is 0 Å². The van der Waals surface area contributed by atoms with Crippen molar-refractivity contribution in [2.45, 2.75) is 43.4 Å². The van der Waals surface area contributed by atoms with Gasteiger partial charge in [0.2, 0.25) is 17.7 Å². The third-order valence-corrected chi connectivity index (χ3v) is 5.68. The minimum Gasteiger partial charge on any atom is -0.508 e. The minimum atomic E-state index is -1.31. The van der Waals surface area contributed by atoms with Gasteiger partial charge in [0.25, 0.3) is 0 Å². The van der Waals surface area contributed by atoms with Crippen molar-refractivity contribution in [2.75, 3.05) is 18.1 Å². The zero-order valence-corrected chi connectivity index (χ0v) is 21.3. The van der Waals surface area contributed by atoms with Crippen LogP contribution in [0.3, 0.4) is 0 Å². The number of hydrogen-bond donors (Lipinski definition) is 10. The lowest BCUT2D eigenvalue weighted by atomic mass is 10.0. The summed E-state index contributed by atoms with van der Waals surface area (Å²) in [7, 11) is 0. The average molecular weight is 544 g/mol. The first-order valence-electron chi connectivity index (χ1n) is 10.9. The van der Waals surface area contributed by atoms with Crippen molar-refractivity contribution in [3.8, 4) is 5.75 Å². The second kappa shape index (κ2) is 15.7. The molecule has 0 saturated heterocycles. The fraction of sp³-hybridized carbons (Fsp3) is 0.476. The minimum absolute atomic E-state index is 0.0133. The van der Waals surface area contributed by atoms with E-state index in [9.17, 15) is 29.4 Å². The van der Waals surface area contributed by atoms with Crippen LogP contribution in [0, 0.1) is 0 Å². The Kier molecular flexibility index (Phi) is 13.5. The molecule has 0 fully saturated rings. The van der Waals surface area contributed by atoms with Gasteiger partial charge in [0, 0.05) is 24.5 Å². The average Bonchev–Trinajstić information content (AvgIpc) is 2.83. The summed E-state index contributed by atoms with van der Waals surface area (Å²) in [4.78, 5) is 53.5. The molecular weight excluding hydrogens is 510 g/mol. The molecule has 0 aliphatic heterocycles. The molecule has 0 radical (unpaired) electrons. The van der Waals surface area contributed by atoms with Gasteiger partial charge in [0.15, 0.2) is 5.96 Å². The normalized spacial score (nSPS) is 14.0. The molecule has 0 spiro atoms. The van der Waals surface area contributed by atoms with Gasteiger partial charge >= 0.3 is 5.97 Å². The second-order valence-corrected chi connectivity index (χ2v) is 8.54. The Morgan fingerprint density at radius 2 is 1.44 bits per heavy atom. The summed E-state index contributed by atoms with van der Waals surface area (Å²) in [6.07, 6.45) is 0.296. The Bertz CT molecular complexity index is 928. The van der Waals surface area contributed by atoms with Crippen molar-refractivity contribution in [1.82, 2.24) is 16.0 Å². The van der Waals surface area contributed by atoms with E-state index in [1.807, 2.05) is 0 Å². The first kappa shape index (κ1) is 30.9. The van der Waals surface area contributed by atoms with Gasteiger partial charge < -0.3 is 43.4 Å². The molecule has 13 nitrogen and oxygen atoms in total. The molecule has 0 aliphatic rings. The lowest BCUT2D eigenvalue weighted by Gasteiger charge is -2.24. The topological polar surface area (TPSA) is 235 Å². The highest BCUT2D eigenvalue weighted by Gasteiger charge is 2.29. The molecule has 1 aromatic carbocycles. The van der Waals surface area contributed by atoms with Gasteiger partial charge in [0.05, 0.1) is 6.04 Å². The smallest absolute Gasteiger partial charge is 0.326 e. The highest BCUT2D eigenvalue weighted by molar-refractivity contribution is 7.80. The molecule has 4 unspecified atom stereocenters. The SMILES string of the molecule is NC(N)=NCCCC(NC(=O)C(CS)NC(=O)C(N)CS)C(=O)NC(Cc1ccc(O)cc1)C(=O)O. The molecule has 1 aromatic rings. The van der Waals surface area contributed by atoms with Gasteiger partial charge in [-0.3, -0.25) is 19.4 Å². The maximum Gasteiger partial charge on any atom is 0.326 e. The Balaban J connectivity index is 2.98. The zero-order chi connectivity index (χ0) is 27.3. The molecule has 0 bridgehead atoms. The number of aliphatic imine (C=N–C) groups is 1. The number of amides is 3. The standard InChI is InChI=1S/C21H33N7O6S2/c22-13(9-35)17(30)28-16(10-36)19(32)26-14(2-1-7-25-21(23)24)18(31)27-15(20(33)34)8-11-3-5-12(29)6-4-11/h3-6,13-16,29,35-36H,1-2,7-10,22H2,(H,26,32)(H,27,31)(H,28,30)(H,33,34)(H4,23,24,25). The number of nitrogens with one attached hydrogen (secondary N) is 3. The van der Waals surface area contributed by atoms with Crippen LogP contribution in [0.4, 0.5) is 0 Å². The molecule has 200 valence electrons. The summed E-state index contributed by atoms with van der Waals surface area (Å²) in [5.74, 6) is -3.53. The van der Waals surface area contributed by atoms with Crippen LogP contribution in [0.5, 0.6) is 5.75 Å². The Labute approximate surface area is 219 Å². The maximum absolute atomic E-state index is 13.0. The zero-order valence-electron chi connectivity index (χ0n) is 19.5. The molecule has 36 heavy (non-hydrogen) atoms. The maximum atomic E-state index is 13.0. The summed E-state index contributed by atoms with van der Waals surface area (Å²) in [6, 6.07) is 1.33. The molecule has 1 rings (SSSR count). The van der Waals surface area contributed by atoms with Crippen LogP contribution in [0.25, 0.3) is 0 Å². The summed E-state index contributed by atoms with van der Waals surface area (Å²) < 4.78 is 0. The number of phenols is 1. The van der Waals surface area contributed by atoms with Crippen LogP contribution in [0.15, 0.2) is 29.3 Å². The van der Waals surface area contributed by atoms with Gasteiger partial charge in [-0.05, 0) is 30.5 Å². The molecule has 15 heteroatoms. The predicted octanol–water partition coefficient (Wildman–Crippen LogP) is -2.29. The number of guanidine groups is 1. The van der Waals surface area contributed by atoms with E-state index in [2.05, 4.69) is 46.2 Å². The van der Waals surface area contributed by atoms with Crippen molar-refractivity contribution in [1.29, 1.82) is 0 Å². The highest BCUT2D eigenvalue weighted by Crippen LogP contribution is 2.12. The number of rotatable bonds is 15. The van der Waals surface area contributed by atoms with Crippen LogP contribution >= 0.6 is 25.3 Å². The van der Waals surface area contributed by atoms with Crippen LogP contribution < -0.4 is 33.2 Å². The largest absolute Gasteiger partial charge is 0.508 e. The van der Waals surface area contributed by atoms with E-state index in [0.29, 0.717) is 5.56 Å². The molecule has 0 saturated carbocycles. The molecule has 0 aliphatic carbocycles. The lowest BCUT2D eigenvalue weighted by Crippen LogP contribution is -2.58. The van der Waals surface area contributed by atoms with Crippen molar-refractivity contribution in [2.24, 2.45) is 22.2 Å². The number of carboxylic acids is 1. The summed E-state index contributed by atoms with van der Waals surface area (Å²) in [5.41, 5.74) is 16.8. The van der Waals surface area contributed by atoms with E-state index in [4.69, 9.17) is 17.2 Å². The number of hydrogen-bond acceptors (Lipinski definition) is 9. The van der Waals surface area contributed by atoms with Crippen LogP contribution in [-0.4, -0.2) is 82.1 Å². The summed E-state index contributed by atoms with van der Waals surface area (Å²) >= 11 is 8.02. The highest BCUT2D eigenvalue weighted by atomic mass is 32.1. The fourth-order valence-electron chi connectivity index (χ4n) is 2.94. The van der Waals surface area contributed by atoms with Crippen molar-refractivity contribution in [3.05, 3.63) is 29.8 Å². The number of benzene rings is 1. The van der Waals surface area contributed by atoms with Gasteiger partial charge in [-0.2, -0.15) is 25.3 Å². The molecule has 11 N–H and O–H groups in total. The molecule has 4 atom stereocenters. The Morgan fingerprint density at radius 1 is 0.889 bits per heavy atom. The fourth-order valence-corrected chi connectivity index (χ4v) is 3.36. The number of carbonyl (C=O) groups is 4. The monoisotopic (exact) mass is 543 g/mol. The predicted molar refractivity (Wildman–Crippen MR) is 141 cm³/mol. The van der Waals surface area contributed by atoms with Gasteiger partial charge in [-0.1, -0.05) is 12.1 Å². The third kappa shape index (κ3) is 11.0. The number of carbonyl (C=O) groups excluding carboxylic acids is 3. The van der Waals surface area contributed by atoms with Crippen LogP contribution in [0.2, 0.25) is 0 Å². The van der Waals surface area contributed by atoms with Gasteiger partial charge in [0.1, 0.15) is 23.9 Å². The van der Waals surface area contributed by atoms with E-state index in [-0.39, 0.29) is 49.0 Å². The quantitative estimate of drug-likeness (QED) is 0.0495. The second-order valence-electron chi connectivity index (χ2n) is 7.81. The number of aliphatic carboxylic acids is 1. The van der Waals surface area contributed by atoms with Crippen LogP contribution in [-0.2, 0) is 25.6 Å². The van der Waals surface area contributed by atoms with Crippen molar-refractivity contribution in [3.63, 3.8) is 0 Å². The molecule has 0 heterocycles. The molecular formula is C21H33N7O6S2. The Morgan fingerprint density at radius 3 is 1.97 bits per heavy atom. The third-order valence-electron chi connectivity index (χ3n) is 4.92. The van der Waals surface area contributed by atoms with E-state index < -0.39 is 47.9 Å². The number of thiol groups is 2. The van der Waals surface area contributed by atoms with Crippen LogP contribution in [0.1, 0.15) is 18.4 Å². The number of aromatic hydroxyl groups is 1. The number of carboxylic acid groups (broad SMARTS) is 1. The first-order chi connectivity index (χ1) is 17.0. The van der Waals surface area contributed by atoms with E-state index in [1.165, 1.54) is 24.3 Å². The Hall–Kier alpha value is -3.17.